The van der Waals surface area contributed by atoms with Crippen LogP contribution in [0.1, 0.15) is 85.5 Å². The van der Waals surface area contributed by atoms with E-state index in [1.165, 1.54) is 36.0 Å². The zero-order chi connectivity index (χ0) is 18.5. The predicted octanol–water partition coefficient (Wildman–Crippen LogP) is 6.46. The summed E-state index contributed by atoms with van der Waals surface area (Å²) in [5.41, 5.74) is 4.12. The van der Waals surface area contributed by atoms with Crippen molar-refractivity contribution in [3.63, 3.8) is 0 Å². The van der Waals surface area contributed by atoms with Gasteiger partial charge in [0.05, 0.1) is 0 Å². The van der Waals surface area contributed by atoms with E-state index in [1.54, 1.807) is 0 Å². The second kappa shape index (κ2) is 12.8. The van der Waals surface area contributed by atoms with Crippen LogP contribution in [0, 0.1) is 0 Å². The molecule has 1 rings (SSSR count). The maximum Gasteiger partial charge on any atom is 0.407 e. The van der Waals surface area contributed by atoms with Crippen molar-refractivity contribution in [1.82, 2.24) is 5.32 Å². The number of alkyl carbamates (subject to hydrolysis) is 1. The van der Waals surface area contributed by atoms with Gasteiger partial charge in [-0.2, -0.15) is 0 Å². The number of carbonyl (C=O) groups excluding carboxylic acids is 1. The highest BCUT2D eigenvalue weighted by atomic mass is 16.5. The maximum absolute atomic E-state index is 11.8. The molecule has 0 spiro atoms. The summed E-state index contributed by atoms with van der Waals surface area (Å²) in [7, 11) is 0. The number of hydrogen-bond donors (Lipinski definition) is 1. The Balaban J connectivity index is 2.15. The van der Waals surface area contributed by atoms with Crippen LogP contribution >= 0.6 is 0 Å². The van der Waals surface area contributed by atoms with Crippen LogP contribution < -0.4 is 5.32 Å². The lowest BCUT2D eigenvalue weighted by atomic mass is 9.96. The van der Waals surface area contributed by atoms with Gasteiger partial charge in [0.15, 0.2) is 0 Å². The zero-order valence-corrected chi connectivity index (χ0v) is 16.7. The van der Waals surface area contributed by atoms with E-state index < -0.39 is 0 Å². The van der Waals surface area contributed by atoms with Crippen LogP contribution in [0.5, 0.6) is 0 Å². The Bertz CT molecular complexity index is 478. The fourth-order valence-electron chi connectivity index (χ4n) is 3.05. The second-order valence-electron chi connectivity index (χ2n) is 7.54. The molecule has 142 valence electrons. The molecular formula is C22H37NO2. The van der Waals surface area contributed by atoms with Gasteiger partial charge in [0.1, 0.15) is 6.61 Å². The van der Waals surface area contributed by atoms with E-state index in [-0.39, 0.29) is 6.09 Å². The number of allylic oxidation sites excluding steroid dienone is 5. The lowest BCUT2D eigenvalue weighted by Crippen LogP contribution is -2.36. The first-order chi connectivity index (χ1) is 12.0. The molecule has 0 bridgehead atoms. The van der Waals surface area contributed by atoms with Gasteiger partial charge in [-0.05, 0) is 72.3 Å². The normalized spacial score (nSPS) is 16.5. The molecule has 1 fully saturated rings. The molecule has 3 heteroatoms. The third kappa shape index (κ3) is 11.6. The summed E-state index contributed by atoms with van der Waals surface area (Å²) in [5.74, 6) is 0. The van der Waals surface area contributed by atoms with E-state index in [4.69, 9.17) is 4.74 Å². The molecule has 1 N–H and O–H groups in total. The SMILES string of the molecule is CC(C)=CCCC(C)=CCCC(C)=CCOC(=O)NC1CCCCC1. The van der Waals surface area contributed by atoms with Crippen molar-refractivity contribution in [3.05, 3.63) is 34.9 Å². The summed E-state index contributed by atoms with van der Waals surface area (Å²) < 4.78 is 5.27. The fraction of sp³-hybridized carbons (Fsp3) is 0.682. The van der Waals surface area contributed by atoms with Crippen molar-refractivity contribution in [1.29, 1.82) is 0 Å². The highest BCUT2D eigenvalue weighted by Gasteiger charge is 2.15. The highest BCUT2D eigenvalue weighted by molar-refractivity contribution is 5.67. The summed E-state index contributed by atoms with van der Waals surface area (Å²) in [4.78, 5) is 11.8. The molecule has 0 aromatic rings. The third-order valence-corrected chi connectivity index (χ3v) is 4.70. The molecule has 1 aliphatic carbocycles. The van der Waals surface area contributed by atoms with E-state index in [0.717, 1.165) is 38.5 Å². The summed E-state index contributed by atoms with van der Waals surface area (Å²) in [6.07, 6.45) is 16.6. The number of carbonyl (C=O) groups is 1. The van der Waals surface area contributed by atoms with Crippen LogP contribution in [-0.2, 0) is 4.74 Å². The Morgan fingerprint density at radius 3 is 2.16 bits per heavy atom. The number of hydrogen-bond acceptors (Lipinski definition) is 2. The molecule has 0 aliphatic heterocycles. The Hall–Kier alpha value is -1.51. The highest BCUT2D eigenvalue weighted by Crippen LogP contribution is 2.17. The molecule has 0 unspecified atom stereocenters. The van der Waals surface area contributed by atoms with Crippen LogP contribution in [0.15, 0.2) is 34.9 Å². The summed E-state index contributed by atoms with van der Waals surface area (Å²) in [6, 6.07) is 0.311. The van der Waals surface area contributed by atoms with Gasteiger partial charge in [-0.25, -0.2) is 4.79 Å². The summed E-state index contributed by atoms with van der Waals surface area (Å²) in [6.45, 7) is 8.97. The van der Waals surface area contributed by atoms with E-state index in [9.17, 15) is 4.79 Å². The molecule has 1 amide bonds. The van der Waals surface area contributed by atoms with Crippen molar-refractivity contribution >= 4 is 6.09 Å². The van der Waals surface area contributed by atoms with Crippen molar-refractivity contribution in [2.45, 2.75) is 91.5 Å². The molecular weight excluding hydrogens is 310 g/mol. The topological polar surface area (TPSA) is 38.3 Å². The molecule has 1 saturated carbocycles. The molecule has 25 heavy (non-hydrogen) atoms. The molecule has 3 nitrogen and oxygen atoms in total. The van der Waals surface area contributed by atoms with Gasteiger partial charge in [-0.1, -0.05) is 48.1 Å². The number of ether oxygens (including phenoxy) is 1. The van der Waals surface area contributed by atoms with E-state index in [1.807, 2.05) is 6.08 Å². The van der Waals surface area contributed by atoms with Gasteiger partial charge in [0, 0.05) is 6.04 Å². The van der Waals surface area contributed by atoms with E-state index >= 15 is 0 Å². The molecule has 0 aromatic carbocycles. The quantitative estimate of drug-likeness (QED) is 0.486. The van der Waals surface area contributed by atoms with Crippen molar-refractivity contribution in [2.24, 2.45) is 0 Å². The van der Waals surface area contributed by atoms with Gasteiger partial charge in [-0.3, -0.25) is 0 Å². The third-order valence-electron chi connectivity index (χ3n) is 4.70. The standard InChI is InChI=1S/C22H37NO2/c1-18(2)10-8-11-19(3)12-9-13-20(4)16-17-25-22(24)23-21-14-6-5-7-15-21/h10,12,16,21H,5-9,11,13-15,17H2,1-4H3,(H,23,24). The average molecular weight is 348 g/mol. The van der Waals surface area contributed by atoms with Crippen molar-refractivity contribution in [2.75, 3.05) is 6.61 Å². The van der Waals surface area contributed by atoms with Crippen LogP contribution in [-0.4, -0.2) is 18.7 Å². The molecule has 0 atom stereocenters. The van der Waals surface area contributed by atoms with Gasteiger partial charge in [-0.15, -0.1) is 0 Å². The van der Waals surface area contributed by atoms with E-state index in [0.29, 0.717) is 12.6 Å². The molecule has 0 saturated heterocycles. The average Bonchev–Trinajstić information content (AvgIpc) is 2.55. The lowest BCUT2D eigenvalue weighted by Gasteiger charge is -2.22. The second-order valence-corrected chi connectivity index (χ2v) is 7.54. The Morgan fingerprint density at radius 2 is 1.52 bits per heavy atom. The minimum Gasteiger partial charge on any atom is -0.445 e. The Labute approximate surface area is 154 Å². The lowest BCUT2D eigenvalue weighted by molar-refractivity contribution is 0.150. The van der Waals surface area contributed by atoms with Gasteiger partial charge >= 0.3 is 6.09 Å². The maximum atomic E-state index is 11.8. The first-order valence-corrected chi connectivity index (χ1v) is 9.85. The number of nitrogens with one attached hydrogen (secondary N) is 1. The van der Waals surface area contributed by atoms with Gasteiger partial charge < -0.3 is 10.1 Å². The molecule has 0 radical (unpaired) electrons. The zero-order valence-electron chi connectivity index (χ0n) is 16.7. The minimum absolute atomic E-state index is 0.272. The van der Waals surface area contributed by atoms with Crippen LogP contribution in [0.4, 0.5) is 4.79 Å². The first-order valence-electron chi connectivity index (χ1n) is 9.85. The number of amides is 1. The van der Waals surface area contributed by atoms with Crippen LogP contribution in [0.3, 0.4) is 0 Å². The number of rotatable bonds is 9. The smallest absolute Gasteiger partial charge is 0.407 e. The van der Waals surface area contributed by atoms with E-state index in [2.05, 4.69) is 45.2 Å². The summed E-state index contributed by atoms with van der Waals surface area (Å²) >= 11 is 0. The van der Waals surface area contributed by atoms with Gasteiger partial charge in [0.2, 0.25) is 0 Å². The van der Waals surface area contributed by atoms with Crippen molar-refractivity contribution in [3.8, 4) is 0 Å². The Morgan fingerprint density at radius 1 is 0.920 bits per heavy atom. The van der Waals surface area contributed by atoms with Gasteiger partial charge in [0.25, 0.3) is 0 Å². The monoisotopic (exact) mass is 347 g/mol. The molecule has 0 heterocycles. The predicted molar refractivity (Wildman–Crippen MR) is 107 cm³/mol. The largest absolute Gasteiger partial charge is 0.445 e. The first kappa shape index (κ1) is 21.5. The van der Waals surface area contributed by atoms with Crippen LogP contribution in [0.25, 0.3) is 0 Å². The molecule has 1 aliphatic rings. The Kier molecular flexibility index (Phi) is 11.0. The fourth-order valence-corrected chi connectivity index (χ4v) is 3.05. The molecule has 0 aromatic heterocycles. The van der Waals surface area contributed by atoms with Crippen molar-refractivity contribution < 1.29 is 9.53 Å². The van der Waals surface area contributed by atoms with Crippen LogP contribution in [0.2, 0.25) is 0 Å². The minimum atomic E-state index is -0.272. The summed E-state index contributed by atoms with van der Waals surface area (Å²) in [5, 5.41) is 2.97.